The quantitative estimate of drug-likeness (QED) is 0.233. The number of rotatable bonds is 9. The lowest BCUT2D eigenvalue weighted by Gasteiger charge is -2.10. The lowest BCUT2D eigenvalue weighted by Crippen LogP contribution is -2.26. The van der Waals surface area contributed by atoms with Crippen molar-refractivity contribution >= 4 is 58.0 Å². The third-order valence-electron chi connectivity index (χ3n) is 4.95. The van der Waals surface area contributed by atoms with Crippen LogP contribution in [0.1, 0.15) is 26.5 Å². The summed E-state index contributed by atoms with van der Waals surface area (Å²) < 4.78 is 0. The summed E-state index contributed by atoms with van der Waals surface area (Å²) in [5.41, 5.74) is 2.63. The van der Waals surface area contributed by atoms with Gasteiger partial charge < -0.3 is 16.0 Å². The Kier molecular flexibility index (Phi) is 8.31. The Hall–Kier alpha value is -3.46. The molecule has 0 spiro atoms. The van der Waals surface area contributed by atoms with Crippen molar-refractivity contribution in [3.05, 3.63) is 92.7 Å². The first kappa shape index (κ1) is 24.7. The first-order chi connectivity index (χ1) is 17.0. The molecule has 2 aromatic heterocycles. The van der Waals surface area contributed by atoms with Crippen LogP contribution in [0.5, 0.6) is 0 Å². The van der Waals surface area contributed by atoms with Crippen molar-refractivity contribution in [2.45, 2.75) is 6.42 Å². The van der Waals surface area contributed by atoms with Crippen molar-refractivity contribution in [3.8, 4) is 11.3 Å². The van der Waals surface area contributed by atoms with Crippen molar-refractivity contribution in [1.29, 1.82) is 0 Å². The number of anilines is 2. The van der Waals surface area contributed by atoms with Gasteiger partial charge in [-0.25, -0.2) is 9.97 Å². The largest absolute Gasteiger partial charge is 0.354 e. The van der Waals surface area contributed by atoms with Crippen molar-refractivity contribution < 1.29 is 9.59 Å². The minimum Gasteiger partial charge on any atom is -0.354 e. The minimum atomic E-state index is -0.311. The highest BCUT2D eigenvalue weighted by Gasteiger charge is 2.13. The predicted molar refractivity (Wildman–Crippen MR) is 142 cm³/mol. The SMILES string of the molecule is O=C(Nc1ccc(-c2ccnc(NCCCNC(=O)c3c(Cl)cccc3Cl)n2)cc1)c1cccs1. The van der Waals surface area contributed by atoms with Crippen LogP contribution >= 0.6 is 34.5 Å². The van der Waals surface area contributed by atoms with E-state index in [-0.39, 0.29) is 17.4 Å². The van der Waals surface area contributed by atoms with Crippen LogP contribution in [0.15, 0.2) is 72.2 Å². The molecule has 0 aliphatic carbocycles. The van der Waals surface area contributed by atoms with Crippen LogP contribution in [0.3, 0.4) is 0 Å². The second kappa shape index (κ2) is 11.8. The number of carbonyl (C=O) groups is 2. The molecule has 7 nitrogen and oxygen atoms in total. The van der Waals surface area contributed by atoms with E-state index in [4.69, 9.17) is 23.2 Å². The third kappa shape index (κ3) is 6.57. The Morgan fingerprint density at radius 2 is 1.66 bits per heavy atom. The number of nitrogens with zero attached hydrogens (tertiary/aromatic N) is 2. The Morgan fingerprint density at radius 3 is 2.37 bits per heavy atom. The van der Waals surface area contributed by atoms with Gasteiger partial charge in [-0.2, -0.15) is 0 Å². The van der Waals surface area contributed by atoms with Gasteiger partial charge in [-0.3, -0.25) is 9.59 Å². The molecule has 0 saturated carbocycles. The summed E-state index contributed by atoms with van der Waals surface area (Å²) >= 11 is 13.5. The summed E-state index contributed by atoms with van der Waals surface area (Å²) in [6, 6.07) is 17.9. The number of thiophene rings is 1. The molecule has 10 heteroatoms. The van der Waals surface area contributed by atoms with Gasteiger partial charge in [0, 0.05) is 30.5 Å². The number of aromatic nitrogens is 2. The lowest BCUT2D eigenvalue weighted by atomic mass is 10.1. The standard InChI is InChI=1S/C25H21Cl2N5O2S/c26-18-4-1-5-19(27)22(18)24(34)28-12-3-13-29-25-30-14-11-20(32-25)16-7-9-17(10-8-16)31-23(33)21-6-2-15-35-21/h1-2,4-11,14-15H,3,12-13H2,(H,28,34)(H,31,33)(H,29,30,32). The molecule has 2 amide bonds. The summed E-state index contributed by atoms with van der Waals surface area (Å²) in [4.78, 5) is 34.0. The van der Waals surface area contributed by atoms with Crippen molar-refractivity contribution in [1.82, 2.24) is 15.3 Å². The highest BCUT2D eigenvalue weighted by molar-refractivity contribution is 7.12. The van der Waals surface area contributed by atoms with Crippen molar-refractivity contribution in [2.75, 3.05) is 23.7 Å². The van der Waals surface area contributed by atoms with Gasteiger partial charge in [0.15, 0.2) is 0 Å². The predicted octanol–water partition coefficient (Wildman–Crippen LogP) is 6.00. The molecule has 0 saturated heterocycles. The molecule has 3 N–H and O–H groups in total. The summed E-state index contributed by atoms with van der Waals surface area (Å²) in [7, 11) is 0. The smallest absolute Gasteiger partial charge is 0.265 e. The van der Waals surface area contributed by atoms with Crippen LogP contribution in [0, 0.1) is 0 Å². The zero-order valence-electron chi connectivity index (χ0n) is 18.4. The average molecular weight is 526 g/mol. The van der Waals surface area contributed by atoms with Gasteiger partial charge in [-0.15, -0.1) is 11.3 Å². The van der Waals surface area contributed by atoms with Gasteiger partial charge in [-0.1, -0.05) is 47.5 Å². The average Bonchev–Trinajstić information content (AvgIpc) is 3.40. The number of hydrogen-bond acceptors (Lipinski definition) is 6. The monoisotopic (exact) mass is 525 g/mol. The first-order valence-corrected chi connectivity index (χ1v) is 12.4. The number of hydrogen-bond donors (Lipinski definition) is 3. The summed E-state index contributed by atoms with van der Waals surface area (Å²) in [6.07, 6.45) is 2.33. The van der Waals surface area contributed by atoms with Gasteiger partial charge in [-0.05, 0) is 48.2 Å². The first-order valence-electron chi connectivity index (χ1n) is 10.8. The minimum absolute atomic E-state index is 0.132. The van der Waals surface area contributed by atoms with Gasteiger partial charge >= 0.3 is 0 Å². The molecule has 35 heavy (non-hydrogen) atoms. The van der Waals surface area contributed by atoms with E-state index < -0.39 is 0 Å². The molecule has 0 radical (unpaired) electrons. The molecular formula is C25H21Cl2N5O2S. The number of nitrogens with one attached hydrogen (secondary N) is 3. The van der Waals surface area contributed by atoms with E-state index in [2.05, 4.69) is 25.9 Å². The molecule has 0 fully saturated rings. The highest BCUT2D eigenvalue weighted by Crippen LogP contribution is 2.24. The maximum atomic E-state index is 12.3. The lowest BCUT2D eigenvalue weighted by molar-refractivity contribution is 0.0953. The summed E-state index contributed by atoms with van der Waals surface area (Å²) in [6.45, 7) is 0.999. The number of amides is 2. The normalized spacial score (nSPS) is 10.6. The Labute approximate surface area is 216 Å². The molecule has 0 aliphatic rings. The topological polar surface area (TPSA) is 96.0 Å². The van der Waals surface area contributed by atoms with Crippen molar-refractivity contribution in [3.63, 3.8) is 0 Å². The molecule has 4 rings (SSSR count). The fourth-order valence-corrected chi connectivity index (χ4v) is 4.41. The van der Waals surface area contributed by atoms with E-state index in [1.165, 1.54) is 11.3 Å². The van der Waals surface area contributed by atoms with E-state index in [9.17, 15) is 9.59 Å². The van der Waals surface area contributed by atoms with Gasteiger partial charge in [0.1, 0.15) is 0 Å². The van der Waals surface area contributed by atoms with Gasteiger partial charge in [0.05, 0.1) is 26.2 Å². The van der Waals surface area contributed by atoms with E-state index >= 15 is 0 Å². The molecular weight excluding hydrogens is 505 g/mol. The maximum absolute atomic E-state index is 12.3. The molecule has 2 aromatic carbocycles. The zero-order valence-corrected chi connectivity index (χ0v) is 20.8. The van der Waals surface area contributed by atoms with E-state index in [0.717, 1.165) is 11.3 Å². The Bertz CT molecular complexity index is 1290. The molecule has 0 atom stereocenters. The number of carbonyl (C=O) groups excluding carboxylic acids is 2. The summed E-state index contributed by atoms with van der Waals surface area (Å²) in [5, 5.41) is 11.4. The third-order valence-corrected chi connectivity index (χ3v) is 6.45. The van der Waals surface area contributed by atoms with Gasteiger partial charge in [0.2, 0.25) is 5.95 Å². The van der Waals surface area contributed by atoms with Crippen LogP contribution in [0.4, 0.5) is 11.6 Å². The molecule has 2 heterocycles. The molecule has 178 valence electrons. The van der Waals surface area contributed by atoms with Crippen LogP contribution < -0.4 is 16.0 Å². The van der Waals surface area contributed by atoms with E-state index in [1.807, 2.05) is 41.8 Å². The second-order valence-electron chi connectivity index (χ2n) is 7.41. The zero-order chi connectivity index (χ0) is 24.6. The highest BCUT2D eigenvalue weighted by atomic mass is 35.5. The maximum Gasteiger partial charge on any atom is 0.265 e. The van der Waals surface area contributed by atoms with Crippen LogP contribution in [-0.4, -0.2) is 34.9 Å². The fourth-order valence-electron chi connectivity index (χ4n) is 3.22. The van der Waals surface area contributed by atoms with Crippen molar-refractivity contribution in [2.24, 2.45) is 0 Å². The van der Waals surface area contributed by atoms with E-state index in [0.29, 0.717) is 46.1 Å². The molecule has 0 aliphatic heterocycles. The summed E-state index contributed by atoms with van der Waals surface area (Å²) in [5.74, 6) is 0.0411. The Balaban J connectivity index is 1.27. The van der Waals surface area contributed by atoms with Crippen LogP contribution in [-0.2, 0) is 0 Å². The molecule has 4 aromatic rings. The van der Waals surface area contributed by atoms with Crippen LogP contribution in [0.2, 0.25) is 10.0 Å². The van der Waals surface area contributed by atoms with Gasteiger partial charge in [0.25, 0.3) is 11.8 Å². The molecule has 0 bridgehead atoms. The van der Waals surface area contributed by atoms with Crippen LogP contribution in [0.25, 0.3) is 11.3 Å². The second-order valence-corrected chi connectivity index (χ2v) is 9.17. The molecule has 0 unspecified atom stereocenters. The fraction of sp³-hybridized carbons (Fsp3) is 0.120. The number of halogens is 2. The Morgan fingerprint density at radius 1 is 0.886 bits per heavy atom. The number of benzene rings is 2. The van der Waals surface area contributed by atoms with E-state index in [1.54, 1.807) is 30.5 Å².